The minimum atomic E-state index is 0.0964. The van der Waals surface area contributed by atoms with Crippen LogP contribution in [-0.2, 0) is 12.8 Å². The molecule has 0 saturated carbocycles. The Kier molecular flexibility index (Phi) is 5.11. The van der Waals surface area contributed by atoms with Gasteiger partial charge in [-0.05, 0) is 49.8 Å². The fourth-order valence-corrected chi connectivity index (χ4v) is 3.98. The lowest BCUT2D eigenvalue weighted by molar-refractivity contribution is 0.0953. The Morgan fingerprint density at radius 2 is 1.91 bits per heavy atom. The lowest BCUT2D eigenvalue weighted by Gasteiger charge is -2.13. The molecular weight excluding hydrogens is 292 g/mol. The first kappa shape index (κ1) is 15.1. The molecule has 0 fully saturated rings. The summed E-state index contributed by atoms with van der Waals surface area (Å²) < 4.78 is 0. The Hall–Kier alpha value is -1.81. The highest BCUT2D eigenvalue weighted by molar-refractivity contribution is 7.10. The van der Waals surface area contributed by atoms with Crippen LogP contribution < -0.4 is 10.6 Å². The summed E-state index contributed by atoms with van der Waals surface area (Å²) in [5.74, 6) is 0.0964. The van der Waals surface area contributed by atoms with Crippen LogP contribution >= 0.6 is 11.3 Å². The maximum atomic E-state index is 12.3. The van der Waals surface area contributed by atoms with E-state index in [1.54, 1.807) is 11.3 Å². The first-order chi connectivity index (χ1) is 10.8. The lowest BCUT2D eigenvalue weighted by atomic mass is 9.96. The van der Waals surface area contributed by atoms with Gasteiger partial charge in [0.25, 0.3) is 5.91 Å². The van der Waals surface area contributed by atoms with Crippen LogP contribution in [0.25, 0.3) is 0 Å². The zero-order chi connectivity index (χ0) is 15.2. The third-order valence-corrected chi connectivity index (χ3v) is 5.14. The second kappa shape index (κ2) is 7.45. The van der Waals surface area contributed by atoms with Gasteiger partial charge in [0.2, 0.25) is 0 Å². The Morgan fingerprint density at radius 1 is 1.09 bits per heavy atom. The van der Waals surface area contributed by atoms with Gasteiger partial charge in [-0.25, -0.2) is 0 Å². The van der Waals surface area contributed by atoms with Crippen LogP contribution in [0.15, 0.2) is 35.7 Å². The van der Waals surface area contributed by atoms with Crippen LogP contribution in [0.2, 0.25) is 0 Å². The van der Waals surface area contributed by atoms with Crippen molar-refractivity contribution in [3.8, 4) is 0 Å². The quantitative estimate of drug-likeness (QED) is 0.795. The average Bonchev–Trinajstić information content (AvgIpc) is 2.99. The van der Waals surface area contributed by atoms with Crippen molar-refractivity contribution in [1.82, 2.24) is 5.32 Å². The minimum Gasteiger partial charge on any atom is -0.385 e. The zero-order valence-electron chi connectivity index (χ0n) is 12.7. The molecule has 0 bridgehead atoms. The fraction of sp³-hybridized carbons (Fsp3) is 0.389. The van der Waals surface area contributed by atoms with E-state index in [9.17, 15) is 4.79 Å². The standard InChI is InChI=1S/C18H22N2OS/c21-18(16-13-22-17-10-5-4-9-15(16)17)20-12-6-11-19-14-7-2-1-3-8-14/h1-3,7-8,13,19H,4-6,9-12H2,(H,20,21). The summed E-state index contributed by atoms with van der Waals surface area (Å²) in [4.78, 5) is 13.7. The molecule has 0 radical (unpaired) electrons. The molecule has 0 atom stereocenters. The van der Waals surface area contributed by atoms with Crippen molar-refractivity contribution >= 4 is 22.9 Å². The van der Waals surface area contributed by atoms with Gasteiger partial charge in [-0.3, -0.25) is 4.79 Å². The number of carbonyl (C=O) groups excluding carboxylic acids is 1. The van der Waals surface area contributed by atoms with Crippen molar-refractivity contribution in [3.05, 3.63) is 51.7 Å². The molecule has 1 amide bonds. The third kappa shape index (κ3) is 3.69. The number of amides is 1. The van der Waals surface area contributed by atoms with Crippen LogP contribution in [0.5, 0.6) is 0 Å². The SMILES string of the molecule is O=C(NCCCNc1ccccc1)c1csc2c1CCCC2. The van der Waals surface area contributed by atoms with Crippen LogP contribution in [0.4, 0.5) is 5.69 Å². The Bertz CT molecular complexity index is 621. The van der Waals surface area contributed by atoms with Gasteiger partial charge in [0.15, 0.2) is 0 Å². The van der Waals surface area contributed by atoms with E-state index >= 15 is 0 Å². The van der Waals surface area contributed by atoms with Crippen molar-refractivity contribution < 1.29 is 4.79 Å². The van der Waals surface area contributed by atoms with Gasteiger partial charge in [-0.2, -0.15) is 0 Å². The lowest BCUT2D eigenvalue weighted by Crippen LogP contribution is -2.26. The van der Waals surface area contributed by atoms with E-state index in [-0.39, 0.29) is 5.91 Å². The molecule has 116 valence electrons. The van der Waals surface area contributed by atoms with E-state index < -0.39 is 0 Å². The number of benzene rings is 1. The highest BCUT2D eigenvalue weighted by Gasteiger charge is 2.19. The molecule has 1 heterocycles. The van der Waals surface area contributed by atoms with Gasteiger partial charge in [0.05, 0.1) is 5.56 Å². The first-order valence-corrected chi connectivity index (χ1v) is 8.89. The number of anilines is 1. The zero-order valence-corrected chi connectivity index (χ0v) is 13.5. The van der Waals surface area contributed by atoms with E-state index in [0.29, 0.717) is 6.54 Å². The molecule has 1 aliphatic carbocycles. The molecule has 22 heavy (non-hydrogen) atoms. The monoisotopic (exact) mass is 314 g/mol. The van der Waals surface area contributed by atoms with E-state index in [0.717, 1.165) is 37.1 Å². The molecule has 0 saturated heterocycles. The molecule has 0 unspecified atom stereocenters. The van der Waals surface area contributed by atoms with Crippen LogP contribution in [0.1, 0.15) is 40.1 Å². The summed E-state index contributed by atoms with van der Waals surface area (Å²) >= 11 is 1.75. The summed E-state index contributed by atoms with van der Waals surface area (Å²) in [6.45, 7) is 1.58. The predicted octanol–water partition coefficient (Wildman–Crippen LogP) is 3.86. The maximum absolute atomic E-state index is 12.3. The van der Waals surface area contributed by atoms with Crippen molar-refractivity contribution in [3.63, 3.8) is 0 Å². The highest BCUT2D eigenvalue weighted by Crippen LogP contribution is 2.30. The Labute approximate surface area is 135 Å². The molecule has 0 aliphatic heterocycles. The van der Waals surface area contributed by atoms with E-state index in [4.69, 9.17) is 0 Å². The summed E-state index contributed by atoms with van der Waals surface area (Å²) in [7, 11) is 0. The van der Waals surface area contributed by atoms with Gasteiger partial charge in [-0.15, -0.1) is 11.3 Å². The number of carbonyl (C=O) groups is 1. The molecular formula is C18H22N2OS. The minimum absolute atomic E-state index is 0.0964. The van der Waals surface area contributed by atoms with Crippen molar-refractivity contribution in [2.24, 2.45) is 0 Å². The topological polar surface area (TPSA) is 41.1 Å². The van der Waals surface area contributed by atoms with Crippen molar-refractivity contribution in [2.45, 2.75) is 32.1 Å². The van der Waals surface area contributed by atoms with E-state index in [2.05, 4.69) is 22.8 Å². The molecule has 2 aromatic rings. The maximum Gasteiger partial charge on any atom is 0.252 e. The number of para-hydroxylation sites is 1. The van der Waals surface area contributed by atoms with Crippen LogP contribution in [0, 0.1) is 0 Å². The molecule has 1 aromatic heterocycles. The number of fused-ring (bicyclic) bond motifs is 1. The summed E-state index contributed by atoms with van der Waals surface area (Å²) in [6.07, 6.45) is 5.61. The molecule has 1 aliphatic rings. The fourth-order valence-electron chi connectivity index (χ4n) is 2.86. The number of nitrogens with one attached hydrogen (secondary N) is 2. The first-order valence-electron chi connectivity index (χ1n) is 8.01. The van der Waals surface area contributed by atoms with Crippen LogP contribution in [-0.4, -0.2) is 19.0 Å². The largest absolute Gasteiger partial charge is 0.385 e. The van der Waals surface area contributed by atoms with E-state index in [1.807, 2.05) is 23.6 Å². The van der Waals surface area contributed by atoms with Gasteiger partial charge in [0.1, 0.15) is 0 Å². The van der Waals surface area contributed by atoms with Gasteiger partial charge >= 0.3 is 0 Å². The van der Waals surface area contributed by atoms with E-state index in [1.165, 1.54) is 23.3 Å². The average molecular weight is 314 g/mol. The Morgan fingerprint density at radius 3 is 2.77 bits per heavy atom. The Balaban J connectivity index is 1.42. The smallest absolute Gasteiger partial charge is 0.252 e. The second-order valence-electron chi connectivity index (χ2n) is 5.66. The van der Waals surface area contributed by atoms with Crippen molar-refractivity contribution in [1.29, 1.82) is 0 Å². The molecule has 0 spiro atoms. The van der Waals surface area contributed by atoms with Gasteiger partial charge in [-0.1, -0.05) is 18.2 Å². The normalized spacial score (nSPS) is 13.5. The predicted molar refractivity (Wildman–Crippen MR) is 92.8 cm³/mol. The number of rotatable bonds is 6. The number of thiophene rings is 1. The third-order valence-electron chi connectivity index (χ3n) is 4.05. The van der Waals surface area contributed by atoms with Crippen LogP contribution in [0.3, 0.4) is 0 Å². The molecule has 2 N–H and O–H groups in total. The molecule has 4 heteroatoms. The summed E-state index contributed by atoms with van der Waals surface area (Å²) in [5, 5.41) is 8.44. The number of hydrogen-bond acceptors (Lipinski definition) is 3. The molecule has 3 rings (SSSR count). The number of hydrogen-bond donors (Lipinski definition) is 2. The van der Waals surface area contributed by atoms with Crippen molar-refractivity contribution in [2.75, 3.05) is 18.4 Å². The molecule has 1 aromatic carbocycles. The number of aryl methyl sites for hydroxylation is 1. The summed E-state index contributed by atoms with van der Waals surface area (Å²) in [5.41, 5.74) is 3.34. The highest BCUT2D eigenvalue weighted by atomic mass is 32.1. The second-order valence-corrected chi connectivity index (χ2v) is 6.62. The molecule has 3 nitrogen and oxygen atoms in total. The van der Waals surface area contributed by atoms with Gasteiger partial charge in [0, 0.05) is 29.0 Å². The van der Waals surface area contributed by atoms with Gasteiger partial charge < -0.3 is 10.6 Å². The summed E-state index contributed by atoms with van der Waals surface area (Å²) in [6, 6.07) is 10.1.